The van der Waals surface area contributed by atoms with Crippen molar-refractivity contribution in [3.63, 3.8) is 0 Å². The molecule has 3 rings (SSSR count). The Morgan fingerprint density at radius 2 is 1.91 bits per heavy atom. The van der Waals surface area contributed by atoms with E-state index in [0.29, 0.717) is 5.13 Å². The summed E-state index contributed by atoms with van der Waals surface area (Å²) >= 11 is 1.61. The number of hydrogen-bond donors (Lipinski definition) is 2. The van der Waals surface area contributed by atoms with Gasteiger partial charge in [0, 0.05) is 10.6 Å². The lowest BCUT2D eigenvalue weighted by molar-refractivity contribution is 0.262. The molecule has 0 saturated heterocycles. The fraction of sp³-hybridized carbons (Fsp3) is 0.412. The van der Waals surface area contributed by atoms with E-state index in [4.69, 9.17) is 0 Å². The normalized spacial score (nSPS) is 14.0. The zero-order valence-corrected chi connectivity index (χ0v) is 13.6. The van der Waals surface area contributed by atoms with Crippen LogP contribution in [0.1, 0.15) is 42.3 Å². The van der Waals surface area contributed by atoms with Gasteiger partial charge >= 0.3 is 6.03 Å². The number of aromatic nitrogens is 1. The van der Waals surface area contributed by atoms with Crippen LogP contribution in [-0.2, 0) is 19.3 Å². The summed E-state index contributed by atoms with van der Waals surface area (Å²) in [7, 11) is 0. The van der Waals surface area contributed by atoms with E-state index in [9.17, 15) is 4.79 Å². The molecule has 2 aromatic rings. The lowest BCUT2D eigenvalue weighted by Gasteiger charge is -2.06. The molecule has 1 aliphatic carbocycles. The highest BCUT2D eigenvalue weighted by Gasteiger charge is 2.15. The van der Waals surface area contributed by atoms with Crippen LogP contribution in [0.3, 0.4) is 0 Å². The molecule has 5 heteroatoms. The number of nitrogens with zero attached hydrogens (tertiary/aromatic N) is 1. The fourth-order valence-corrected chi connectivity index (χ4v) is 3.71. The second-order valence-electron chi connectivity index (χ2n) is 5.58. The standard InChI is InChI=1S/C17H21N3OS/c1-2-12-8-10-13(11-9-12)18-16(21)20-17-19-14-6-4-3-5-7-15(14)22-17/h8-11H,2-7H2,1H3,(H2,18,19,20,21). The molecule has 0 bridgehead atoms. The number of rotatable bonds is 3. The van der Waals surface area contributed by atoms with Crippen LogP contribution in [0.5, 0.6) is 0 Å². The average molecular weight is 315 g/mol. The number of amides is 2. The monoisotopic (exact) mass is 315 g/mol. The van der Waals surface area contributed by atoms with Crippen molar-refractivity contribution < 1.29 is 4.79 Å². The first-order valence-corrected chi connectivity index (χ1v) is 8.72. The van der Waals surface area contributed by atoms with Crippen molar-refractivity contribution in [3.8, 4) is 0 Å². The fourth-order valence-electron chi connectivity index (χ4n) is 2.67. The molecule has 1 aliphatic rings. The topological polar surface area (TPSA) is 54.0 Å². The highest BCUT2D eigenvalue weighted by Crippen LogP contribution is 2.28. The minimum atomic E-state index is -0.229. The average Bonchev–Trinajstić information content (AvgIpc) is 2.76. The van der Waals surface area contributed by atoms with E-state index in [-0.39, 0.29) is 6.03 Å². The molecular weight excluding hydrogens is 294 g/mol. The van der Waals surface area contributed by atoms with E-state index in [2.05, 4.69) is 22.5 Å². The maximum atomic E-state index is 12.1. The van der Waals surface area contributed by atoms with Crippen LogP contribution in [0, 0.1) is 0 Å². The molecule has 0 radical (unpaired) electrons. The Bertz CT molecular complexity index is 625. The lowest BCUT2D eigenvalue weighted by atomic mass is 10.1. The summed E-state index contributed by atoms with van der Waals surface area (Å²) < 4.78 is 0. The predicted octanol–water partition coefficient (Wildman–Crippen LogP) is 4.62. The van der Waals surface area contributed by atoms with Crippen molar-refractivity contribution in [2.75, 3.05) is 10.6 Å². The summed E-state index contributed by atoms with van der Waals surface area (Å²) in [6.07, 6.45) is 6.83. The van der Waals surface area contributed by atoms with Crippen molar-refractivity contribution in [3.05, 3.63) is 40.4 Å². The van der Waals surface area contributed by atoms with E-state index >= 15 is 0 Å². The highest BCUT2D eigenvalue weighted by atomic mass is 32.1. The summed E-state index contributed by atoms with van der Waals surface area (Å²) in [5, 5.41) is 6.41. The van der Waals surface area contributed by atoms with Gasteiger partial charge < -0.3 is 5.32 Å². The third kappa shape index (κ3) is 3.65. The number of urea groups is 1. The van der Waals surface area contributed by atoms with Gasteiger partial charge in [-0.1, -0.05) is 25.5 Å². The van der Waals surface area contributed by atoms with Crippen molar-refractivity contribution in [1.82, 2.24) is 4.98 Å². The van der Waals surface area contributed by atoms with Crippen molar-refractivity contribution >= 4 is 28.2 Å². The lowest BCUT2D eigenvalue weighted by Crippen LogP contribution is -2.19. The molecule has 0 spiro atoms. The quantitative estimate of drug-likeness (QED) is 0.812. The predicted molar refractivity (Wildman–Crippen MR) is 91.8 cm³/mol. The van der Waals surface area contributed by atoms with Gasteiger partial charge in [0.1, 0.15) is 0 Å². The third-order valence-electron chi connectivity index (χ3n) is 3.94. The molecule has 2 N–H and O–H groups in total. The van der Waals surface area contributed by atoms with E-state index < -0.39 is 0 Å². The molecule has 1 aromatic carbocycles. The molecule has 1 heterocycles. The minimum absolute atomic E-state index is 0.229. The second-order valence-corrected chi connectivity index (χ2v) is 6.66. The van der Waals surface area contributed by atoms with Gasteiger partial charge in [0.05, 0.1) is 5.69 Å². The zero-order chi connectivity index (χ0) is 15.4. The molecule has 0 aliphatic heterocycles. The number of benzene rings is 1. The first-order valence-electron chi connectivity index (χ1n) is 7.90. The second kappa shape index (κ2) is 6.92. The molecule has 116 valence electrons. The van der Waals surface area contributed by atoms with Crippen molar-refractivity contribution in [1.29, 1.82) is 0 Å². The van der Waals surface area contributed by atoms with Crippen LogP contribution in [0.25, 0.3) is 0 Å². The number of aryl methyl sites for hydroxylation is 3. The number of carbonyl (C=O) groups is 1. The summed E-state index contributed by atoms with van der Waals surface area (Å²) in [6, 6.07) is 7.68. The first-order chi connectivity index (χ1) is 10.7. The molecular formula is C17H21N3OS. The Kier molecular flexibility index (Phi) is 4.73. The van der Waals surface area contributed by atoms with Crippen LogP contribution >= 0.6 is 11.3 Å². The Labute approximate surface area is 135 Å². The number of nitrogens with one attached hydrogen (secondary N) is 2. The van der Waals surface area contributed by atoms with Crippen LogP contribution < -0.4 is 10.6 Å². The van der Waals surface area contributed by atoms with Gasteiger partial charge in [-0.05, 0) is 49.8 Å². The van der Waals surface area contributed by atoms with E-state index in [1.54, 1.807) is 11.3 Å². The van der Waals surface area contributed by atoms with Gasteiger partial charge in [0.2, 0.25) is 0 Å². The molecule has 0 unspecified atom stereocenters. The van der Waals surface area contributed by atoms with Crippen LogP contribution in [0.2, 0.25) is 0 Å². The van der Waals surface area contributed by atoms with Gasteiger partial charge in [-0.15, -0.1) is 11.3 Å². The van der Waals surface area contributed by atoms with Gasteiger partial charge in [-0.2, -0.15) is 0 Å². The van der Waals surface area contributed by atoms with Gasteiger partial charge in [-0.25, -0.2) is 9.78 Å². The highest BCUT2D eigenvalue weighted by molar-refractivity contribution is 7.15. The Morgan fingerprint density at radius 3 is 2.68 bits per heavy atom. The van der Waals surface area contributed by atoms with Crippen LogP contribution in [0.15, 0.2) is 24.3 Å². The molecule has 0 fully saturated rings. The molecule has 22 heavy (non-hydrogen) atoms. The smallest absolute Gasteiger partial charge is 0.308 e. The van der Waals surface area contributed by atoms with Gasteiger partial charge in [0.15, 0.2) is 5.13 Å². The number of hydrogen-bond acceptors (Lipinski definition) is 3. The number of anilines is 2. The summed E-state index contributed by atoms with van der Waals surface area (Å²) in [4.78, 5) is 18.0. The van der Waals surface area contributed by atoms with Crippen LogP contribution in [-0.4, -0.2) is 11.0 Å². The molecule has 0 atom stereocenters. The number of thiazole rings is 1. The molecule has 4 nitrogen and oxygen atoms in total. The maximum absolute atomic E-state index is 12.1. The van der Waals surface area contributed by atoms with Crippen LogP contribution in [0.4, 0.5) is 15.6 Å². The number of carbonyl (C=O) groups excluding carboxylic acids is 1. The SMILES string of the molecule is CCc1ccc(NC(=O)Nc2nc3c(s2)CCCCC3)cc1. The Morgan fingerprint density at radius 1 is 1.14 bits per heavy atom. The van der Waals surface area contributed by atoms with Crippen molar-refractivity contribution in [2.24, 2.45) is 0 Å². The first kappa shape index (κ1) is 15.0. The van der Waals surface area contributed by atoms with E-state index in [1.807, 2.05) is 24.3 Å². The van der Waals surface area contributed by atoms with E-state index in [1.165, 1.54) is 35.4 Å². The molecule has 1 aromatic heterocycles. The Balaban J connectivity index is 1.61. The third-order valence-corrected chi connectivity index (χ3v) is 5.01. The van der Waals surface area contributed by atoms with Crippen molar-refractivity contribution in [2.45, 2.75) is 45.4 Å². The maximum Gasteiger partial charge on any atom is 0.325 e. The summed E-state index contributed by atoms with van der Waals surface area (Å²) in [5.41, 5.74) is 3.23. The van der Waals surface area contributed by atoms with E-state index in [0.717, 1.165) is 24.9 Å². The number of fused-ring (bicyclic) bond motifs is 1. The zero-order valence-electron chi connectivity index (χ0n) is 12.8. The molecule has 0 saturated carbocycles. The Hall–Kier alpha value is -1.88. The minimum Gasteiger partial charge on any atom is -0.308 e. The summed E-state index contributed by atoms with van der Waals surface area (Å²) in [5.74, 6) is 0. The molecule has 2 amide bonds. The summed E-state index contributed by atoms with van der Waals surface area (Å²) in [6.45, 7) is 2.11. The van der Waals surface area contributed by atoms with Gasteiger partial charge in [0.25, 0.3) is 0 Å². The van der Waals surface area contributed by atoms with Gasteiger partial charge in [-0.3, -0.25) is 5.32 Å². The largest absolute Gasteiger partial charge is 0.325 e.